The van der Waals surface area contributed by atoms with E-state index in [4.69, 9.17) is 4.52 Å². The summed E-state index contributed by atoms with van der Waals surface area (Å²) in [4.78, 5) is 30.5. The van der Waals surface area contributed by atoms with Gasteiger partial charge in [0.2, 0.25) is 5.89 Å². The van der Waals surface area contributed by atoms with Crippen molar-refractivity contribution in [1.29, 1.82) is 0 Å². The van der Waals surface area contributed by atoms with Gasteiger partial charge < -0.3 is 9.84 Å². The van der Waals surface area contributed by atoms with E-state index in [-0.39, 0.29) is 18.3 Å². The molecular formula is C16H16N4O3. The Labute approximate surface area is 132 Å². The molecule has 0 atom stereocenters. The van der Waals surface area contributed by atoms with E-state index in [1.54, 1.807) is 0 Å². The molecule has 0 radical (unpaired) electrons. The van der Waals surface area contributed by atoms with Crippen LogP contribution in [-0.2, 0) is 30.6 Å². The van der Waals surface area contributed by atoms with Gasteiger partial charge in [0.15, 0.2) is 5.82 Å². The Balaban J connectivity index is 1.58. The number of fused-ring (bicyclic) bond motifs is 1. The van der Waals surface area contributed by atoms with Crippen molar-refractivity contribution in [2.75, 3.05) is 0 Å². The van der Waals surface area contributed by atoms with E-state index in [2.05, 4.69) is 15.5 Å². The fraction of sp³-hybridized carbons (Fsp3) is 0.375. The zero-order valence-corrected chi connectivity index (χ0v) is 12.7. The predicted molar refractivity (Wildman–Crippen MR) is 79.3 cm³/mol. The second-order valence-electron chi connectivity index (χ2n) is 5.98. The lowest BCUT2D eigenvalue weighted by Gasteiger charge is -2.19. The maximum atomic E-state index is 12.8. The summed E-state index contributed by atoms with van der Waals surface area (Å²) < 4.78 is 5.09. The van der Waals surface area contributed by atoms with Gasteiger partial charge in [-0.3, -0.25) is 9.69 Å². The van der Waals surface area contributed by atoms with Crippen LogP contribution in [0.15, 0.2) is 28.8 Å². The Morgan fingerprint density at radius 1 is 1.26 bits per heavy atom. The fourth-order valence-corrected chi connectivity index (χ4v) is 3.31. The molecule has 1 spiro atoms. The van der Waals surface area contributed by atoms with E-state index in [0.29, 0.717) is 25.1 Å². The van der Waals surface area contributed by atoms with Crippen LogP contribution in [0.1, 0.15) is 29.8 Å². The molecule has 2 heterocycles. The molecule has 0 bridgehead atoms. The highest BCUT2D eigenvalue weighted by Gasteiger charge is 2.54. The van der Waals surface area contributed by atoms with Crippen LogP contribution >= 0.6 is 0 Å². The SMILES string of the molecule is CCc1noc(CN2C(=O)NC3(Cc4ccccc4C3)C2=O)n1. The second kappa shape index (κ2) is 4.91. The van der Waals surface area contributed by atoms with Crippen LogP contribution in [0, 0.1) is 0 Å². The van der Waals surface area contributed by atoms with Gasteiger partial charge in [-0.15, -0.1) is 0 Å². The quantitative estimate of drug-likeness (QED) is 0.861. The van der Waals surface area contributed by atoms with E-state index in [9.17, 15) is 9.59 Å². The summed E-state index contributed by atoms with van der Waals surface area (Å²) in [6.45, 7) is 1.92. The van der Waals surface area contributed by atoms with Crippen molar-refractivity contribution in [3.05, 3.63) is 47.1 Å². The third kappa shape index (κ3) is 2.11. The first-order valence-corrected chi connectivity index (χ1v) is 7.63. The molecule has 0 saturated carbocycles. The van der Waals surface area contributed by atoms with Gasteiger partial charge in [0.05, 0.1) is 0 Å². The molecular weight excluding hydrogens is 296 g/mol. The highest BCUT2D eigenvalue weighted by atomic mass is 16.5. The van der Waals surface area contributed by atoms with Gasteiger partial charge in [0.25, 0.3) is 5.91 Å². The van der Waals surface area contributed by atoms with E-state index in [0.717, 1.165) is 11.1 Å². The number of rotatable bonds is 3. The van der Waals surface area contributed by atoms with Crippen LogP contribution in [-0.4, -0.2) is 32.5 Å². The summed E-state index contributed by atoms with van der Waals surface area (Å²) in [5, 5.41) is 6.66. The predicted octanol–water partition coefficient (Wildman–Crippen LogP) is 1.22. The zero-order valence-electron chi connectivity index (χ0n) is 12.7. The van der Waals surface area contributed by atoms with Gasteiger partial charge in [-0.1, -0.05) is 36.3 Å². The lowest BCUT2D eigenvalue weighted by atomic mass is 9.96. The molecule has 1 aromatic carbocycles. The lowest BCUT2D eigenvalue weighted by molar-refractivity contribution is -0.131. The smallest absolute Gasteiger partial charge is 0.325 e. The molecule has 23 heavy (non-hydrogen) atoms. The molecule has 1 saturated heterocycles. The Bertz CT molecular complexity index is 773. The van der Waals surface area contributed by atoms with Crippen molar-refractivity contribution in [2.45, 2.75) is 38.3 Å². The van der Waals surface area contributed by atoms with Crippen LogP contribution in [0.4, 0.5) is 4.79 Å². The minimum Gasteiger partial charge on any atom is -0.337 e. The van der Waals surface area contributed by atoms with E-state index in [1.807, 2.05) is 31.2 Å². The molecule has 2 aliphatic rings. The average molecular weight is 312 g/mol. The van der Waals surface area contributed by atoms with Crippen molar-refractivity contribution in [3.8, 4) is 0 Å². The number of nitrogens with zero attached hydrogens (tertiary/aromatic N) is 3. The number of aromatic nitrogens is 2. The van der Waals surface area contributed by atoms with E-state index < -0.39 is 11.6 Å². The molecule has 0 unspecified atom stereocenters. The molecule has 118 valence electrons. The number of imide groups is 1. The largest absolute Gasteiger partial charge is 0.337 e. The molecule has 1 aliphatic carbocycles. The molecule has 1 aromatic heterocycles. The summed E-state index contributed by atoms with van der Waals surface area (Å²) in [6, 6.07) is 7.48. The maximum absolute atomic E-state index is 12.8. The molecule has 1 N–H and O–H groups in total. The molecule has 4 rings (SSSR count). The number of aryl methyl sites for hydroxylation is 1. The van der Waals surface area contributed by atoms with Crippen LogP contribution in [0.2, 0.25) is 0 Å². The third-order valence-corrected chi connectivity index (χ3v) is 4.47. The first-order valence-electron chi connectivity index (χ1n) is 7.63. The summed E-state index contributed by atoms with van der Waals surface area (Å²) in [6.07, 6.45) is 1.69. The lowest BCUT2D eigenvalue weighted by Crippen LogP contribution is -2.47. The monoisotopic (exact) mass is 312 g/mol. The normalized spacial score (nSPS) is 18.6. The number of hydrogen-bond acceptors (Lipinski definition) is 5. The highest BCUT2D eigenvalue weighted by molar-refractivity contribution is 6.07. The average Bonchev–Trinajstić information content (AvgIpc) is 3.20. The van der Waals surface area contributed by atoms with Crippen molar-refractivity contribution < 1.29 is 14.1 Å². The first-order chi connectivity index (χ1) is 11.1. The van der Waals surface area contributed by atoms with Gasteiger partial charge in [-0.05, 0) is 11.1 Å². The van der Waals surface area contributed by atoms with E-state index >= 15 is 0 Å². The van der Waals surface area contributed by atoms with Crippen LogP contribution in [0.25, 0.3) is 0 Å². The number of nitrogens with one attached hydrogen (secondary N) is 1. The van der Waals surface area contributed by atoms with E-state index in [1.165, 1.54) is 4.90 Å². The van der Waals surface area contributed by atoms with Crippen molar-refractivity contribution in [3.63, 3.8) is 0 Å². The Kier molecular flexibility index (Phi) is 2.97. The van der Waals surface area contributed by atoms with Crippen molar-refractivity contribution in [2.24, 2.45) is 0 Å². The molecule has 1 aliphatic heterocycles. The molecule has 7 heteroatoms. The summed E-state index contributed by atoms with van der Waals surface area (Å²) in [5.41, 5.74) is 1.34. The first kappa shape index (κ1) is 13.9. The summed E-state index contributed by atoms with van der Waals surface area (Å²) in [7, 11) is 0. The molecule has 3 amide bonds. The number of benzene rings is 1. The Hall–Kier alpha value is -2.70. The van der Waals surface area contributed by atoms with Crippen molar-refractivity contribution >= 4 is 11.9 Å². The standard InChI is InChI=1S/C16H16N4O3/c1-2-12-17-13(23-19-12)9-20-14(21)16(18-15(20)22)7-10-5-3-4-6-11(10)8-16/h3-6H,2,7-9H2,1H3,(H,18,22). The van der Waals surface area contributed by atoms with Gasteiger partial charge in [-0.25, -0.2) is 4.79 Å². The van der Waals surface area contributed by atoms with Gasteiger partial charge in [-0.2, -0.15) is 4.98 Å². The fourth-order valence-electron chi connectivity index (χ4n) is 3.31. The summed E-state index contributed by atoms with van der Waals surface area (Å²) in [5.74, 6) is 0.614. The minimum atomic E-state index is -0.867. The Morgan fingerprint density at radius 3 is 2.57 bits per heavy atom. The zero-order chi connectivity index (χ0) is 16.0. The summed E-state index contributed by atoms with van der Waals surface area (Å²) >= 11 is 0. The number of urea groups is 1. The Morgan fingerprint density at radius 2 is 1.96 bits per heavy atom. The number of carbonyl (C=O) groups excluding carboxylic acids is 2. The number of carbonyl (C=O) groups is 2. The minimum absolute atomic E-state index is 0.00968. The molecule has 2 aromatic rings. The molecule has 7 nitrogen and oxygen atoms in total. The molecule has 1 fully saturated rings. The van der Waals surface area contributed by atoms with Gasteiger partial charge in [0, 0.05) is 19.3 Å². The van der Waals surface area contributed by atoms with Crippen molar-refractivity contribution in [1.82, 2.24) is 20.4 Å². The van der Waals surface area contributed by atoms with Gasteiger partial charge in [0.1, 0.15) is 12.1 Å². The second-order valence-corrected chi connectivity index (χ2v) is 5.98. The highest BCUT2D eigenvalue weighted by Crippen LogP contribution is 2.35. The van der Waals surface area contributed by atoms with Gasteiger partial charge >= 0.3 is 6.03 Å². The number of hydrogen-bond donors (Lipinski definition) is 1. The van der Waals surface area contributed by atoms with Crippen LogP contribution in [0.5, 0.6) is 0 Å². The van der Waals surface area contributed by atoms with Crippen LogP contribution < -0.4 is 5.32 Å². The maximum Gasteiger partial charge on any atom is 0.325 e. The third-order valence-electron chi connectivity index (χ3n) is 4.47. The van der Waals surface area contributed by atoms with Crippen LogP contribution in [0.3, 0.4) is 0 Å². The number of amides is 3. The topological polar surface area (TPSA) is 88.3 Å².